The van der Waals surface area contributed by atoms with Crippen molar-refractivity contribution < 1.29 is 9.53 Å². The summed E-state index contributed by atoms with van der Waals surface area (Å²) in [5.74, 6) is 5.33. The van der Waals surface area contributed by atoms with Crippen LogP contribution in [0.25, 0.3) is 0 Å². The Bertz CT molecular complexity index is 752. The molecule has 0 spiro atoms. The van der Waals surface area contributed by atoms with E-state index < -0.39 is 0 Å². The summed E-state index contributed by atoms with van der Waals surface area (Å²) in [6.45, 7) is 14.8. The number of rotatable bonds is 10. The third-order valence-electron chi connectivity index (χ3n) is 11.5. The zero-order chi connectivity index (χ0) is 25.2. The molecule has 0 heterocycles. The van der Waals surface area contributed by atoms with E-state index in [9.17, 15) is 4.79 Å². The number of esters is 1. The average Bonchev–Trinajstić information content (AvgIpc) is 3.16. The molecule has 0 amide bonds. The maximum Gasteiger partial charge on any atom is 0.306 e. The first-order valence-electron chi connectivity index (χ1n) is 15.6. The van der Waals surface area contributed by atoms with E-state index in [1.165, 1.54) is 57.8 Å². The van der Waals surface area contributed by atoms with Gasteiger partial charge in [-0.2, -0.15) is 0 Å². The van der Waals surface area contributed by atoms with Crippen LogP contribution in [0.1, 0.15) is 138 Å². The molecule has 4 aliphatic carbocycles. The molecule has 35 heavy (non-hydrogen) atoms. The molecule has 0 aliphatic heterocycles. The molecule has 2 nitrogen and oxygen atoms in total. The lowest BCUT2D eigenvalue weighted by atomic mass is 9.47. The Morgan fingerprint density at radius 2 is 1.80 bits per heavy atom. The van der Waals surface area contributed by atoms with Crippen LogP contribution in [0.4, 0.5) is 0 Å². The molecular formula is C33H56O2. The van der Waals surface area contributed by atoms with Crippen molar-refractivity contribution >= 4 is 5.97 Å². The molecule has 0 unspecified atom stereocenters. The molecule has 0 aromatic rings. The molecule has 3 fully saturated rings. The number of hydrogen-bond donors (Lipinski definition) is 0. The first kappa shape index (κ1) is 27.3. The van der Waals surface area contributed by atoms with E-state index in [1.807, 2.05) is 0 Å². The van der Waals surface area contributed by atoms with Gasteiger partial charge in [-0.1, -0.05) is 85.3 Å². The lowest BCUT2D eigenvalue weighted by Gasteiger charge is -2.58. The SMILES string of the molecule is CCCCCC(=O)O[C@H]1CC[C@@]2(C)C(=CC[C@@H]3[C@H]4CC[C@@H]([C@@H](C)CCCC(C)C)[C@]4(C)CC[C@H]32)C1. The lowest BCUT2D eigenvalue weighted by Crippen LogP contribution is -2.51. The fraction of sp³-hybridized carbons (Fsp3) is 0.909. The average molecular weight is 485 g/mol. The van der Waals surface area contributed by atoms with Crippen molar-refractivity contribution in [1.82, 2.24) is 0 Å². The van der Waals surface area contributed by atoms with E-state index >= 15 is 0 Å². The minimum Gasteiger partial charge on any atom is -0.462 e. The molecule has 4 rings (SSSR count). The Morgan fingerprint density at radius 3 is 2.54 bits per heavy atom. The van der Waals surface area contributed by atoms with Crippen molar-refractivity contribution in [2.24, 2.45) is 46.3 Å². The van der Waals surface area contributed by atoms with Gasteiger partial charge in [-0.25, -0.2) is 0 Å². The van der Waals surface area contributed by atoms with Crippen LogP contribution >= 0.6 is 0 Å². The molecule has 0 radical (unpaired) electrons. The van der Waals surface area contributed by atoms with Gasteiger partial charge in [0.1, 0.15) is 6.10 Å². The Labute approximate surface area is 217 Å². The van der Waals surface area contributed by atoms with Crippen LogP contribution in [0.3, 0.4) is 0 Å². The quantitative estimate of drug-likeness (QED) is 0.175. The fourth-order valence-corrected chi connectivity index (χ4v) is 9.52. The van der Waals surface area contributed by atoms with Gasteiger partial charge in [-0.15, -0.1) is 0 Å². The van der Waals surface area contributed by atoms with Gasteiger partial charge in [-0.05, 0) is 97.7 Å². The first-order chi connectivity index (χ1) is 16.7. The number of unbranched alkanes of at least 4 members (excludes halogenated alkanes) is 2. The van der Waals surface area contributed by atoms with Gasteiger partial charge in [-0.3, -0.25) is 4.79 Å². The summed E-state index contributed by atoms with van der Waals surface area (Å²) in [5, 5.41) is 0. The van der Waals surface area contributed by atoms with Crippen LogP contribution in [-0.4, -0.2) is 12.1 Å². The number of allylic oxidation sites excluding steroid dienone is 1. The van der Waals surface area contributed by atoms with E-state index in [2.05, 4.69) is 47.6 Å². The zero-order valence-corrected chi connectivity index (χ0v) is 24.0. The molecule has 8 atom stereocenters. The van der Waals surface area contributed by atoms with Crippen LogP contribution in [0.5, 0.6) is 0 Å². The van der Waals surface area contributed by atoms with Gasteiger partial charge in [0.25, 0.3) is 0 Å². The minimum absolute atomic E-state index is 0.0364. The van der Waals surface area contributed by atoms with Gasteiger partial charge < -0.3 is 4.74 Å². The van der Waals surface area contributed by atoms with E-state index in [-0.39, 0.29) is 12.1 Å². The van der Waals surface area contributed by atoms with Crippen LogP contribution in [0.15, 0.2) is 11.6 Å². The van der Waals surface area contributed by atoms with Crippen molar-refractivity contribution in [1.29, 1.82) is 0 Å². The van der Waals surface area contributed by atoms with Crippen LogP contribution < -0.4 is 0 Å². The second-order valence-electron chi connectivity index (χ2n) is 14.1. The summed E-state index contributed by atoms with van der Waals surface area (Å²) in [5.41, 5.74) is 2.54. The van der Waals surface area contributed by atoms with Crippen molar-refractivity contribution in [3.8, 4) is 0 Å². The summed E-state index contributed by atoms with van der Waals surface area (Å²) in [6.07, 6.45) is 21.2. The number of ether oxygens (including phenoxy) is 1. The molecule has 0 aromatic carbocycles. The Kier molecular flexibility index (Phi) is 8.80. The Balaban J connectivity index is 1.39. The largest absolute Gasteiger partial charge is 0.462 e. The molecule has 200 valence electrons. The number of fused-ring (bicyclic) bond motifs is 5. The molecule has 0 aromatic heterocycles. The maximum atomic E-state index is 12.4. The maximum absolute atomic E-state index is 12.4. The molecule has 0 saturated heterocycles. The van der Waals surface area contributed by atoms with Gasteiger partial charge in [0.15, 0.2) is 0 Å². The molecule has 2 heteroatoms. The number of carbonyl (C=O) groups is 1. The highest BCUT2D eigenvalue weighted by Gasteiger charge is 2.59. The molecule has 3 saturated carbocycles. The zero-order valence-electron chi connectivity index (χ0n) is 24.0. The lowest BCUT2D eigenvalue weighted by molar-refractivity contribution is -0.151. The predicted octanol–water partition coefficient (Wildman–Crippen LogP) is 9.52. The van der Waals surface area contributed by atoms with Gasteiger partial charge >= 0.3 is 5.97 Å². The molecule has 4 aliphatic rings. The van der Waals surface area contributed by atoms with E-state index in [1.54, 1.807) is 5.57 Å². The van der Waals surface area contributed by atoms with Crippen molar-refractivity contribution in [2.75, 3.05) is 0 Å². The first-order valence-corrected chi connectivity index (χ1v) is 15.6. The van der Waals surface area contributed by atoms with Crippen LogP contribution in [0, 0.1) is 46.3 Å². The number of carbonyl (C=O) groups excluding carboxylic acids is 1. The van der Waals surface area contributed by atoms with Crippen molar-refractivity contribution in [3.05, 3.63) is 11.6 Å². The minimum atomic E-state index is 0.0364. The van der Waals surface area contributed by atoms with Gasteiger partial charge in [0.05, 0.1) is 0 Å². The van der Waals surface area contributed by atoms with E-state index in [0.717, 1.165) is 67.6 Å². The topological polar surface area (TPSA) is 26.3 Å². The normalized spacial score (nSPS) is 39.4. The van der Waals surface area contributed by atoms with Gasteiger partial charge in [0, 0.05) is 12.8 Å². The van der Waals surface area contributed by atoms with Crippen molar-refractivity contribution in [3.63, 3.8) is 0 Å². The predicted molar refractivity (Wildman–Crippen MR) is 147 cm³/mol. The highest BCUT2D eigenvalue weighted by atomic mass is 16.5. The molecular weight excluding hydrogens is 428 g/mol. The third-order valence-corrected chi connectivity index (χ3v) is 11.5. The Hall–Kier alpha value is -0.790. The highest BCUT2D eigenvalue weighted by molar-refractivity contribution is 5.69. The monoisotopic (exact) mass is 484 g/mol. The summed E-state index contributed by atoms with van der Waals surface area (Å²) in [6, 6.07) is 0. The summed E-state index contributed by atoms with van der Waals surface area (Å²) >= 11 is 0. The molecule has 0 bridgehead atoms. The standard InChI is InChI=1S/C33H56O2/c1-7-8-9-13-31(34)35-26-18-20-32(5)25(22-26)14-15-27-29-17-16-28(24(4)12-10-11-23(2)3)33(29,6)21-19-30(27)32/h14,23-24,26-30H,7-13,15-22H2,1-6H3/t24-,26-,27+,28-,29+,30+,32-,33-/m0/s1. The fourth-order valence-electron chi connectivity index (χ4n) is 9.52. The smallest absolute Gasteiger partial charge is 0.306 e. The highest BCUT2D eigenvalue weighted by Crippen LogP contribution is 2.67. The van der Waals surface area contributed by atoms with Crippen LogP contribution in [-0.2, 0) is 9.53 Å². The van der Waals surface area contributed by atoms with E-state index in [0.29, 0.717) is 17.3 Å². The summed E-state index contributed by atoms with van der Waals surface area (Å²) in [4.78, 5) is 12.4. The second kappa shape index (κ2) is 11.3. The summed E-state index contributed by atoms with van der Waals surface area (Å²) in [7, 11) is 0. The molecule has 0 N–H and O–H groups in total. The third kappa shape index (κ3) is 5.57. The second-order valence-corrected chi connectivity index (χ2v) is 14.1. The van der Waals surface area contributed by atoms with E-state index in [4.69, 9.17) is 4.74 Å². The summed E-state index contributed by atoms with van der Waals surface area (Å²) < 4.78 is 5.96. The Morgan fingerprint density at radius 1 is 1.00 bits per heavy atom. The van der Waals surface area contributed by atoms with Crippen molar-refractivity contribution in [2.45, 2.75) is 144 Å². The van der Waals surface area contributed by atoms with Gasteiger partial charge in [0.2, 0.25) is 0 Å². The van der Waals surface area contributed by atoms with Crippen LogP contribution in [0.2, 0.25) is 0 Å². The number of hydrogen-bond acceptors (Lipinski definition) is 2.